The van der Waals surface area contributed by atoms with Gasteiger partial charge < -0.3 is 15.4 Å². The zero-order chi connectivity index (χ0) is 18.5. The summed E-state index contributed by atoms with van der Waals surface area (Å²) >= 11 is 0. The van der Waals surface area contributed by atoms with Gasteiger partial charge in [-0.2, -0.15) is 0 Å². The summed E-state index contributed by atoms with van der Waals surface area (Å²) < 4.78 is 68.1. The highest BCUT2D eigenvalue weighted by atomic mass is 19.3. The highest BCUT2D eigenvalue weighted by Gasteiger charge is 2.46. The third-order valence-electron chi connectivity index (χ3n) is 4.28. The number of hydrogen-bond acceptors (Lipinski definition) is 2. The van der Waals surface area contributed by atoms with Crippen LogP contribution in [-0.2, 0) is 6.42 Å². The first-order valence-electron chi connectivity index (χ1n) is 7.31. The van der Waals surface area contributed by atoms with E-state index in [1.54, 1.807) is 0 Å². The first-order chi connectivity index (χ1) is 11.6. The molecule has 0 spiro atoms. The lowest BCUT2D eigenvalue weighted by Crippen LogP contribution is -2.33. The van der Waals surface area contributed by atoms with Crippen LogP contribution in [0.25, 0.3) is 5.69 Å². The van der Waals surface area contributed by atoms with Crippen LogP contribution in [0.2, 0.25) is 0 Å². The van der Waals surface area contributed by atoms with Crippen LogP contribution >= 0.6 is 0 Å². The second-order valence-corrected chi connectivity index (χ2v) is 5.81. The lowest BCUT2D eigenvalue weighted by molar-refractivity contribution is -0.122. The summed E-state index contributed by atoms with van der Waals surface area (Å²) in [6.07, 6.45) is -5.12. The van der Waals surface area contributed by atoms with Crippen molar-refractivity contribution < 1.29 is 31.9 Å². The summed E-state index contributed by atoms with van der Waals surface area (Å²) in [6.45, 7) is 0. The molecule has 3 N–H and O–H groups in total. The minimum absolute atomic E-state index is 0.0536. The lowest BCUT2D eigenvalue weighted by atomic mass is 9.89. The molecule has 0 saturated heterocycles. The Morgan fingerprint density at radius 2 is 2.04 bits per heavy atom. The number of nitrogens with zero attached hydrogens (tertiary/aromatic N) is 1. The van der Waals surface area contributed by atoms with Crippen molar-refractivity contribution in [3.8, 4) is 5.69 Å². The van der Waals surface area contributed by atoms with E-state index >= 15 is 0 Å². The van der Waals surface area contributed by atoms with E-state index in [0.717, 1.165) is 18.3 Å². The first-order valence-corrected chi connectivity index (χ1v) is 7.31. The van der Waals surface area contributed by atoms with Gasteiger partial charge in [-0.1, -0.05) is 0 Å². The van der Waals surface area contributed by atoms with E-state index in [2.05, 4.69) is 0 Å². The second-order valence-electron chi connectivity index (χ2n) is 5.81. The van der Waals surface area contributed by atoms with E-state index in [4.69, 9.17) is 5.73 Å². The Labute approximate surface area is 138 Å². The second kappa shape index (κ2) is 5.83. The zero-order valence-corrected chi connectivity index (χ0v) is 12.6. The summed E-state index contributed by atoms with van der Waals surface area (Å²) in [7, 11) is 0. The maximum atomic E-state index is 13.8. The Morgan fingerprint density at radius 1 is 1.36 bits per heavy atom. The SMILES string of the molecule is NC(=O)c1cn(-c2ccc(F)c(C(F)F)c2)c2c1[C@H](O)C(F)(F)CC2. The fraction of sp³-hybridized carbons (Fsp3) is 0.312. The number of amides is 1. The number of halogens is 5. The fourth-order valence-corrected chi connectivity index (χ4v) is 3.03. The van der Waals surface area contributed by atoms with E-state index in [0.29, 0.717) is 0 Å². The standard InChI is InChI=1S/C16H13F5N2O2/c17-10-2-1-7(5-8(10)14(18)19)23-6-9(15(22)25)12-11(23)3-4-16(20,21)13(12)24/h1-2,5-6,13-14,24H,3-4H2,(H2,22,25)/t13-/m0/s1. The number of aliphatic hydroxyl groups excluding tert-OH is 1. The number of carbonyl (C=O) groups is 1. The quantitative estimate of drug-likeness (QED) is 0.825. The number of aliphatic hydroxyl groups is 1. The van der Waals surface area contributed by atoms with E-state index in [9.17, 15) is 31.9 Å². The normalized spacial score (nSPS) is 19.1. The molecule has 2 aromatic rings. The van der Waals surface area contributed by atoms with Gasteiger partial charge in [0.2, 0.25) is 0 Å². The maximum absolute atomic E-state index is 13.8. The van der Waals surface area contributed by atoms with Gasteiger partial charge in [0.25, 0.3) is 18.3 Å². The molecule has 0 unspecified atom stereocenters. The average Bonchev–Trinajstić information content (AvgIpc) is 2.91. The number of primary amides is 1. The van der Waals surface area contributed by atoms with Gasteiger partial charge in [0.15, 0.2) is 0 Å². The smallest absolute Gasteiger partial charge is 0.278 e. The molecule has 4 nitrogen and oxygen atoms in total. The van der Waals surface area contributed by atoms with Crippen molar-refractivity contribution in [2.24, 2.45) is 5.73 Å². The topological polar surface area (TPSA) is 68.2 Å². The molecule has 1 heterocycles. The highest BCUT2D eigenvalue weighted by Crippen LogP contribution is 2.44. The van der Waals surface area contributed by atoms with E-state index in [1.165, 1.54) is 10.6 Å². The fourth-order valence-electron chi connectivity index (χ4n) is 3.03. The number of fused-ring (bicyclic) bond motifs is 1. The molecule has 0 radical (unpaired) electrons. The molecule has 1 amide bonds. The van der Waals surface area contributed by atoms with Crippen LogP contribution in [0, 0.1) is 5.82 Å². The maximum Gasteiger partial charge on any atom is 0.278 e. The summed E-state index contributed by atoms with van der Waals surface area (Å²) in [6, 6.07) is 2.86. The number of rotatable bonds is 3. The summed E-state index contributed by atoms with van der Waals surface area (Å²) in [4.78, 5) is 11.6. The molecule has 1 aliphatic carbocycles. The molecule has 3 rings (SSSR count). The molecule has 25 heavy (non-hydrogen) atoms. The van der Waals surface area contributed by atoms with Gasteiger partial charge in [-0.25, -0.2) is 22.0 Å². The van der Waals surface area contributed by atoms with Gasteiger partial charge in [-0.05, 0) is 24.6 Å². The van der Waals surface area contributed by atoms with Crippen molar-refractivity contribution in [1.29, 1.82) is 0 Å². The molecule has 0 fully saturated rings. The molecular weight excluding hydrogens is 347 g/mol. The molecule has 134 valence electrons. The molecule has 0 saturated carbocycles. The summed E-state index contributed by atoms with van der Waals surface area (Å²) in [5.41, 5.74) is 3.88. The molecule has 0 bridgehead atoms. The molecule has 0 aliphatic heterocycles. The average molecular weight is 360 g/mol. The van der Waals surface area contributed by atoms with Crippen molar-refractivity contribution in [2.45, 2.75) is 31.3 Å². The largest absolute Gasteiger partial charge is 0.382 e. The van der Waals surface area contributed by atoms with Crippen molar-refractivity contribution in [3.05, 3.63) is 52.6 Å². The van der Waals surface area contributed by atoms with Crippen molar-refractivity contribution >= 4 is 5.91 Å². The van der Waals surface area contributed by atoms with Crippen LogP contribution in [0.5, 0.6) is 0 Å². The van der Waals surface area contributed by atoms with Crippen molar-refractivity contribution in [1.82, 2.24) is 4.57 Å². The number of aromatic nitrogens is 1. The lowest BCUT2D eigenvalue weighted by Gasteiger charge is -2.29. The Kier molecular flexibility index (Phi) is 4.06. The minimum atomic E-state index is -3.44. The van der Waals surface area contributed by atoms with Gasteiger partial charge in [0.1, 0.15) is 11.9 Å². The van der Waals surface area contributed by atoms with Crippen LogP contribution < -0.4 is 5.73 Å². The molecule has 1 aromatic carbocycles. The predicted octanol–water partition coefficient (Wildman–Crippen LogP) is 3.27. The van der Waals surface area contributed by atoms with Crippen LogP contribution in [0.3, 0.4) is 0 Å². The minimum Gasteiger partial charge on any atom is -0.382 e. The number of hydrogen-bond donors (Lipinski definition) is 2. The predicted molar refractivity (Wildman–Crippen MR) is 77.4 cm³/mol. The first kappa shape index (κ1) is 17.4. The van der Waals surface area contributed by atoms with E-state index in [-0.39, 0.29) is 28.9 Å². The number of carbonyl (C=O) groups excluding carboxylic acids is 1. The van der Waals surface area contributed by atoms with E-state index < -0.39 is 42.2 Å². The third kappa shape index (κ3) is 2.78. The van der Waals surface area contributed by atoms with Crippen molar-refractivity contribution in [2.75, 3.05) is 0 Å². The third-order valence-corrected chi connectivity index (χ3v) is 4.28. The van der Waals surface area contributed by atoms with Gasteiger partial charge in [-0.3, -0.25) is 4.79 Å². The Bertz CT molecular complexity index is 847. The molecular formula is C16H13F5N2O2. The molecule has 1 aliphatic rings. The van der Waals surface area contributed by atoms with E-state index in [1.807, 2.05) is 0 Å². The Hall–Kier alpha value is -2.42. The van der Waals surface area contributed by atoms with Gasteiger partial charge >= 0.3 is 0 Å². The molecule has 9 heteroatoms. The number of alkyl halides is 4. The van der Waals surface area contributed by atoms with Crippen LogP contribution in [-0.4, -0.2) is 21.5 Å². The Morgan fingerprint density at radius 3 is 2.64 bits per heavy atom. The van der Waals surface area contributed by atoms with Crippen LogP contribution in [0.15, 0.2) is 24.4 Å². The van der Waals surface area contributed by atoms with Crippen LogP contribution in [0.4, 0.5) is 22.0 Å². The molecule has 1 aromatic heterocycles. The summed E-state index contributed by atoms with van der Waals surface area (Å²) in [5, 5.41) is 9.91. The monoisotopic (exact) mass is 360 g/mol. The highest BCUT2D eigenvalue weighted by molar-refractivity contribution is 5.95. The number of benzene rings is 1. The van der Waals surface area contributed by atoms with Gasteiger partial charge in [0, 0.05) is 29.6 Å². The summed E-state index contributed by atoms with van der Waals surface area (Å²) in [5.74, 6) is -5.59. The Balaban J connectivity index is 2.22. The van der Waals surface area contributed by atoms with Crippen LogP contribution in [0.1, 0.15) is 46.1 Å². The molecule has 1 atom stereocenters. The van der Waals surface area contributed by atoms with Gasteiger partial charge in [-0.15, -0.1) is 0 Å². The van der Waals surface area contributed by atoms with Gasteiger partial charge in [0.05, 0.1) is 11.1 Å². The number of nitrogens with two attached hydrogens (primary N) is 1. The van der Waals surface area contributed by atoms with Crippen molar-refractivity contribution in [3.63, 3.8) is 0 Å². The zero-order valence-electron chi connectivity index (χ0n) is 12.6.